The lowest BCUT2D eigenvalue weighted by atomic mass is 10.3. The van der Waals surface area contributed by atoms with Crippen LogP contribution in [-0.4, -0.2) is 50.8 Å². The summed E-state index contributed by atoms with van der Waals surface area (Å²) < 4.78 is 6.57. The highest BCUT2D eigenvalue weighted by Crippen LogP contribution is 2.28. The summed E-state index contributed by atoms with van der Waals surface area (Å²) in [4.78, 5) is 23.3. The van der Waals surface area contributed by atoms with Gasteiger partial charge >= 0.3 is 5.97 Å². The van der Waals surface area contributed by atoms with E-state index in [9.17, 15) is 9.59 Å². The molecule has 140 valence electrons. The fraction of sp³-hybridized carbons (Fsp3) is 0.278. The Balaban J connectivity index is 1.79. The van der Waals surface area contributed by atoms with Crippen molar-refractivity contribution in [3.8, 4) is 5.69 Å². The molecule has 0 aliphatic heterocycles. The van der Waals surface area contributed by atoms with Crippen LogP contribution in [0.15, 0.2) is 41.6 Å². The summed E-state index contributed by atoms with van der Waals surface area (Å²) in [5.41, 5.74) is 2.47. The third kappa shape index (κ3) is 4.43. The lowest BCUT2D eigenvalue weighted by molar-refractivity contribution is -0.143. The van der Waals surface area contributed by atoms with Crippen LogP contribution >= 0.6 is 11.8 Å². The van der Waals surface area contributed by atoms with E-state index in [-0.39, 0.29) is 24.8 Å². The number of benzene rings is 1. The summed E-state index contributed by atoms with van der Waals surface area (Å²) >= 11 is 1.25. The molecular formula is C18H19N5O3S. The fourth-order valence-electron chi connectivity index (χ4n) is 2.47. The van der Waals surface area contributed by atoms with Gasteiger partial charge in [0.1, 0.15) is 17.1 Å². The quantitative estimate of drug-likeness (QED) is 0.490. The summed E-state index contributed by atoms with van der Waals surface area (Å²) in [6, 6.07) is 9.69. The normalized spacial score (nSPS) is 10.7. The minimum absolute atomic E-state index is 0.103. The average Bonchev–Trinajstić information content (AvgIpc) is 3.13. The zero-order valence-electron chi connectivity index (χ0n) is 15.0. The predicted octanol–water partition coefficient (Wildman–Crippen LogP) is 1.90. The number of amides is 1. The Hall–Kier alpha value is -2.94. The molecule has 9 heteroatoms. The van der Waals surface area contributed by atoms with E-state index in [2.05, 4.69) is 20.6 Å². The number of carbonyl (C=O) groups excluding carboxylic acids is 2. The van der Waals surface area contributed by atoms with Crippen molar-refractivity contribution in [3.63, 3.8) is 0 Å². The molecule has 1 N–H and O–H groups in total. The topological polar surface area (TPSA) is 99.0 Å². The first-order valence-corrected chi connectivity index (χ1v) is 9.40. The van der Waals surface area contributed by atoms with E-state index < -0.39 is 5.97 Å². The van der Waals surface area contributed by atoms with Crippen molar-refractivity contribution >= 4 is 34.5 Å². The van der Waals surface area contributed by atoms with Crippen molar-refractivity contribution in [2.45, 2.75) is 18.9 Å². The molecule has 3 rings (SSSR count). The molecule has 0 saturated heterocycles. The Morgan fingerprint density at radius 2 is 2.00 bits per heavy atom. The van der Waals surface area contributed by atoms with Gasteiger partial charge in [-0.15, -0.1) is 5.10 Å². The van der Waals surface area contributed by atoms with E-state index in [0.29, 0.717) is 5.03 Å². The van der Waals surface area contributed by atoms with Crippen LogP contribution in [0, 0.1) is 6.92 Å². The number of aryl methyl sites for hydroxylation is 1. The van der Waals surface area contributed by atoms with Gasteiger partial charge in [0.25, 0.3) is 0 Å². The first-order valence-electron chi connectivity index (χ1n) is 8.41. The molecule has 8 nitrogen and oxygen atoms in total. The number of fused-ring (bicyclic) bond motifs is 1. The van der Waals surface area contributed by atoms with Crippen LogP contribution in [0.4, 0.5) is 0 Å². The highest BCUT2D eigenvalue weighted by atomic mass is 32.2. The maximum atomic E-state index is 12.0. The number of aromatic nitrogens is 4. The number of nitrogens with one attached hydrogen (secondary N) is 1. The highest BCUT2D eigenvalue weighted by molar-refractivity contribution is 8.00. The number of esters is 1. The van der Waals surface area contributed by atoms with E-state index in [4.69, 9.17) is 4.74 Å². The summed E-state index contributed by atoms with van der Waals surface area (Å²) in [6.07, 6.45) is 1.75. The summed E-state index contributed by atoms with van der Waals surface area (Å²) in [5, 5.41) is 16.9. The van der Waals surface area contributed by atoms with Gasteiger partial charge in [0.05, 0.1) is 29.9 Å². The van der Waals surface area contributed by atoms with Gasteiger partial charge in [-0.3, -0.25) is 9.59 Å². The number of rotatable bonds is 7. The Labute approximate surface area is 160 Å². The number of ether oxygens (including phenoxy) is 1. The molecule has 2 heterocycles. The standard InChI is InChI=1S/C18H19N5O3S/c1-3-26-16(25)10-19-15(24)11-27-18-17-14(12(2)21-22-18)9-20-23(17)13-7-5-4-6-8-13/h4-9H,3,10-11H2,1-2H3,(H,19,24). The van der Waals surface area contributed by atoms with Gasteiger partial charge in [-0.25, -0.2) is 4.68 Å². The summed E-state index contributed by atoms with van der Waals surface area (Å²) in [6.45, 7) is 3.72. The summed E-state index contributed by atoms with van der Waals surface area (Å²) in [5.74, 6) is -0.642. The van der Waals surface area contributed by atoms with Gasteiger partial charge in [0.2, 0.25) is 5.91 Å². The van der Waals surface area contributed by atoms with Crippen molar-refractivity contribution in [1.29, 1.82) is 0 Å². The van der Waals surface area contributed by atoms with Gasteiger partial charge in [-0.05, 0) is 26.0 Å². The first-order chi connectivity index (χ1) is 13.1. The molecule has 1 aromatic carbocycles. The largest absolute Gasteiger partial charge is 0.465 e. The third-order valence-electron chi connectivity index (χ3n) is 3.73. The SMILES string of the molecule is CCOC(=O)CNC(=O)CSc1nnc(C)c2cnn(-c3ccccc3)c12. The second kappa shape index (κ2) is 8.63. The summed E-state index contributed by atoms with van der Waals surface area (Å²) in [7, 11) is 0. The Bertz CT molecular complexity index is 958. The van der Waals surface area contributed by atoms with Crippen molar-refractivity contribution in [3.05, 3.63) is 42.2 Å². The molecule has 0 aliphatic rings. The molecule has 0 saturated carbocycles. The van der Waals surface area contributed by atoms with Crippen LogP contribution in [0.5, 0.6) is 0 Å². The van der Waals surface area contributed by atoms with E-state index in [0.717, 1.165) is 22.3 Å². The fourth-order valence-corrected chi connectivity index (χ4v) is 3.27. The smallest absolute Gasteiger partial charge is 0.325 e. The second-order valence-corrected chi connectivity index (χ2v) is 6.58. The van der Waals surface area contributed by atoms with Crippen molar-refractivity contribution < 1.29 is 14.3 Å². The van der Waals surface area contributed by atoms with Crippen LogP contribution < -0.4 is 5.32 Å². The van der Waals surface area contributed by atoms with Crippen molar-refractivity contribution in [2.24, 2.45) is 0 Å². The number of thioether (sulfide) groups is 1. The molecule has 3 aromatic rings. The van der Waals surface area contributed by atoms with Crippen molar-refractivity contribution in [2.75, 3.05) is 18.9 Å². The molecule has 0 spiro atoms. The van der Waals surface area contributed by atoms with Gasteiger partial charge in [-0.2, -0.15) is 10.2 Å². The van der Waals surface area contributed by atoms with Gasteiger partial charge in [0, 0.05) is 5.39 Å². The minimum atomic E-state index is -0.462. The molecule has 0 fully saturated rings. The zero-order chi connectivity index (χ0) is 19.2. The number of carbonyl (C=O) groups is 2. The number of hydrogen-bond acceptors (Lipinski definition) is 7. The molecule has 0 atom stereocenters. The lowest BCUT2D eigenvalue weighted by Gasteiger charge is -2.08. The Morgan fingerprint density at radius 1 is 1.22 bits per heavy atom. The molecule has 0 unspecified atom stereocenters. The molecule has 0 bridgehead atoms. The molecular weight excluding hydrogens is 366 g/mol. The van der Waals surface area contributed by atoms with E-state index >= 15 is 0 Å². The van der Waals surface area contributed by atoms with E-state index in [1.807, 2.05) is 37.3 Å². The molecule has 1 amide bonds. The maximum Gasteiger partial charge on any atom is 0.325 e. The van der Waals surface area contributed by atoms with Gasteiger partial charge in [-0.1, -0.05) is 30.0 Å². The highest BCUT2D eigenvalue weighted by Gasteiger charge is 2.16. The Kier molecular flexibility index (Phi) is 6.02. The van der Waals surface area contributed by atoms with Crippen LogP contribution in [0.1, 0.15) is 12.6 Å². The van der Waals surface area contributed by atoms with Gasteiger partial charge in [0.15, 0.2) is 0 Å². The predicted molar refractivity (Wildman–Crippen MR) is 102 cm³/mol. The molecule has 0 radical (unpaired) electrons. The number of hydrogen-bond donors (Lipinski definition) is 1. The van der Waals surface area contributed by atoms with E-state index in [1.54, 1.807) is 17.8 Å². The third-order valence-corrected chi connectivity index (χ3v) is 4.68. The second-order valence-electron chi connectivity index (χ2n) is 5.62. The average molecular weight is 385 g/mol. The number of para-hydroxylation sites is 1. The molecule has 27 heavy (non-hydrogen) atoms. The lowest BCUT2D eigenvalue weighted by Crippen LogP contribution is -2.31. The maximum absolute atomic E-state index is 12.0. The first kappa shape index (κ1) is 18.8. The van der Waals surface area contributed by atoms with E-state index in [1.165, 1.54) is 11.8 Å². The van der Waals surface area contributed by atoms with Crippen LogP contribution in [0.3, 0.4) is 0 Å². The van der Waals surface area contributed by atoms with Crippen LogP contribution in [0.2, 0.25) is 0 Å². The monoisotopic (exact) mass is 385 g/mol. The Morgan fingerprint density at radius 3 is 2.74 bits per heavy atom. The van der Waals surface area contributed by atoms with Crippen LogP contribution in [0.25, 0.3) is 16.6 Å². The minimum Gasteiger partial charge on any atom is -0.465 e. The molecule has 0 aliphatic carbocycles. The number of nitrogens with zero attached hydrogens (tertiary/aromatic N) is 4. The van der Waals surface area contributed by atoms with Crippen LogP contribution in [-0.2, 0) is 14.3 Å². The van der Waals surface area contributed by atoms with Gasteiger partial charge < -0.3 is 10.1 Å². The zero-order valence-corrected chi connectivity index (χ0v) is 15.8. The molecule has 2 aromatic heterocycles. The van der Waals surface area contributed by atoms with Crippen molar-refractivity contribution in [1.82, 2.24) is 25.3 Å².